The molecule has 34 heavy (non-hydrogen) atoms. The van der Waals surface area contributed by atoms with Gasteiger partial charge in [-0.1, -0.05) is 36.4 Å². The van der Waals surface area contributed by atoms with Crippen LogP contribution >= 0.6 is 0 Å². The molecule has 1 saturated carbocycles. The first kappa shape index (κ1) is 24.3. The second kappa shape index (κ2) is 10.6. The summed E-state index contributed by atoms with van der Waals surface area (Å²) in [6, 6.07) is 13.9. The molecule has 0 aliphatic heterocycles. The van der Waals surface area contributed by atoms with E-state index in [2.05, 4.69) is 0 Å². The summed E-state index contributed by atoms with van der Waals surface area (Å²) in [6.07, 6.45) is 5.63. The van der Waals surface area contributed by atoms with E-state index in [4.69, 9.17) is 4.74 Å². The first-order valence-corrected chi connectivity index (χ1v) is 12.0. The van der Waals surface area contributed by atoms with E-state index in [-0.39, 0.29) is 23.8 Å². The SMILES string of the molecule is CCOc1ccc(-c2ccc(CCC3CCC(c4ccc(C)c(F)c4F)CC3)cc2)c(F)c1F. The maximum Gasteiger partial charge on any atom is 0.201 e. The van der Waals surface area contributed by atoms with Crippen LogP contribution in [0.2, 0.25) is 0 Å². The Bertz CT molecular complexity index is 1130. The lowest BCUT2D eigenvalue weighted by Crippen LogP contribution is -2.15. The summed E-state index contributed by atoms with van der Waals surface area (Å²) >= 11 is 0. The Hall–Kier alpha value is -2.82. The lowest BCUT2D eigenvalue weighted by Gasteiger charge is -2.29. The first-order valence-electron chi connectivity index (χ1n) is 12.0. The minimum Gasteiger partial charge on any atom is -0.491 e. The van der Waals surface area contributed by atoms with Gasteiger partial charge in [-0.25, -0.2) is 13.2 Å². The van der Waals surface area contributed by atoms with Gasteiger partial charge in [0.2, 0.25) is 5.82 Å². The molecule has 180 valence electrons. The van der Waals surface area contributed by atoms with Gasteiger partial charge in [0.15, 0.2) is 23.2 Å². The molecule has 0 aromatic heterocycles. The molecule has 0 heterocycles. The van der Waals surface area contributed by atoms with Gasteiger partial charge in [0, 0.05) is 5.56 Å². The predicted octanol–water partition coefficient (Wildman–Crippen LogP) is 8.52. The number of halogens is 4. The summed E-state index contributed by atoms with van der Waals surface area (Å²) in [5.74, 6) is -2.73. The molecule has 1 nitrogen and oxygen atoms in total. The van der Waals surface area contributed by atoms with Crippen LogP contribution in [0.15, 0.2) is 48.5 Å². The van der Waals surface area contributed by atoms with E-state index >= 15 is 0 Å². The van der Waals surface area contributed by atoms with Crippen molar-refractivity contribution in [2.24, 2.45) is 5.92 Å². The maximum absolute atomic E-state index is 14.5. The topological polar surface area (TPSA) is 9.23 Å². The lowest BCUT2D eigenvalue weighted by molar-refractivity contribution is 0.305. The van der Waals surface area contributed by atoms with Crippen molar-refractivity contribution in [1.29, 1.82) is 0 Å². The fourth-order valence-corrected chi connectivity index (χ4v) is 4.98. The van der Waals surface area contributed by atoms with E-state index in [0.29, 0.717) is 22.6 Å². The number of hydrogen-bond donors (Lipinski definition) is 0. The molecule has 1 aliphatic carbocycles. The second-order valence-corrected chi connectivity index (χ2v) is 9.23. The van der Waals surface area contributed by atoms with E-state index < -0.39 is 23.3 Å². The third-order valence-electron chi connectivity index (χ3n) is 7.04. The molecule has 4 rings (SSSR count). The lowest BCUT2D eigenvalue weighted by atomic mass is 9.76. The molecule has 0 bridgehead atoms. The Morgan fingerprint density at radius 1 is 0.765 bits per heavy atom. The predicted molar refractivity (Wildman–Crippen MR) is 127 cm³/mol. The van der Waals surface area contributed by atoms with Gasteiger partial charge in [-0.2, -0.15) is 4.39 Å². The molecule has 5 heteroatoms. The molecule has 0 saturated heterocycles. The molecular formula is C29H30F4O. The molecule has 0 atom stereocenters. The van der Waals surface area contributed by atoms with Gasteiger partial charge in [0.25, 0.3) is 0 Å². The van der Waals surface area contributed by atoms with Crippen molar-refractivity contribution in [3.05, 3.63) is 88.5 Å². The quantitative estimate of drug-likeness (QED) is 0.315. The van der Waals surface area contributed by atoms with Crippen molar-refractivity contribution in [2.45, 2.75) is 58.3 Å². The Morgan fingerprint density at radius 2 is 1.47 bits per heavy atom. The van der Waals surface area contributed by atoms with E-state index in [1.807, 2.05) is 24.3 Å². The molecular weight excluding hydrogens is 440 g/mol. The van der Waals surface area contributed by atoms with Crippen molar-refractivity contribution in [1.82, 2.24) is 0 Å². The number of benzene rings is 3. The number of ether oxygens (including phenoxy) is 1. The van der Waals surface area contributed by atoms with Crippen LogP contribution in [0.3, 0.4) is 0 Å². The highest BCUT2D eigenvalue weighted by atomic mass is 19.2. The Kier molecular flexibility index (Phi) is 7.60. The standard InChI is InChI=1S/C29H30F4O/c1-3-34-25-17-16-24(28(32)29(25)33)22-13-9-20(10-14-22)6-5-19-7-11-21(12-8-19)23-15-4-18(2)26(30)27(23)31/h4,9-10,13-17,19,21H,3,5-8,11-12H2,1-2H3. The van der Waals surface area contributed by atoms with Gasteiger partial charge in [-0.3, -0.25) is 0 Å². The highest BCUT2D eigenvalue weighted by molar-refractivity contribution is 5.65. The van der Waals surface area contributed by atoms with Crippen molar-refractivity contribution >= 4 is 0 Å². The summed E-state index contributed by atoms with van der Waals surface area (Å²) < 4.78 is 62.1. The zero-order valence-electron chi connectivity index (χ0n) is 19.6. The smallest absolute Gasteiger partial charge is 0.201 e. The first-order chi connectivity index (χ1) is 16.4. The van der Waals surface area contributed by atoms with E-state index in [1.54, 1.807) is 32.0 Å². The van der Waals surface area contributed by atoms with E-state index in [9.17, 15) is 17.6 Å². The Labute approximate surface area is 198 Å². The van der Waals surface area contributed by atoms with E-state index in [1.165, 1.54) is 6.07 Å². The van der Waals surface area contributed by atoms with Crippen LogP contribution in [0, 0.1) is 36.1 Å². The Morgan fingerprint density at radius 3 is 2.15 bits per heavy atom. The third kappa shape index (κ3) is 5.13. The Balaban J connectivity index is 1.33. The number of rotatable bonds is 7. The number of hydrogen-bond acceptors (Lipinski definition) is 1. The summed E-state index contributed by atoms with van der Waals surface area (Å²) in [5, 5.41) is 0. The van der Waals surface area contributed by atoms with Crippen molar-refractivity contribution < 1.29 is 22.3 Å². The average molecular weight is 471 g/mol. The van der Waals surface area contributed by atoms with Crippen LogP contribution in [0.1, 0.15) is 61.6 Å². The molecule has 0 radical (unpaired) electrons. The van der Waals surface area contributed by atoms with Crippen molar-refractivity contribution in [3.63, 3.8) is 0 Å². The van der Waals surface area contributed by atoms with Crippen LogP contribution in [0.5, 0.6) is 5.75 Å². The van der Waals surface area contributed by atoms with Gasteiger partial charge in [-0.15, -0.1) is 0 Å². The fourth-order valence-electron chi connectivity index (χ4n) is 4.98. The minimum absolute atomic E-state index is 0.0784. The molecule has 0 amide bonds. The third-order valence-corrected chi connectivity index (χ3v) is 7.04. The monoisotopic (exact) mass is 470 g/mol. The fraction of sp³-hybridized carbons (Fsp3) is 0.379. The normalized spacial score (nSPS) is 18.2. The van der Waals surface area contributed by atoms with Crippen molar-refractivity contribution in [2.75, 3.05) is 6.61 Å². The van der Waals surface area contributed by atoms with E-state index in [0.717, 1.165) is 44.1 Å². The summed E-state index contributed by atoms with van der Waals surface area (Å²) in [5.41, 5.74) is 2.83. The molecule has 1 aliphatic rings. The molecule has 3 aromatic carbocycles. The van der Waals surface area contributed by atoms with Crippen LogP contribution in [0.4, 0.5) is 17.6 Å². The molecule has 0 spiro atoms. The van der Waals surface area contributed by atoms with Gasteiger partial charge < -0.3 is 4.74 Å². The van der Waals surface area contributed by atoms with Gasteiger partial charge in [-0.05, 0) is 98.6 Å². The average Bonchev–Trinajstić information content (AvgIpc) is 2.85. The number of aryl methyl sites for hydroxylation is 2. The minimum atomic E-state index is -0.965. The summed E-state index contributed by atoms with van der Waals surface area (Å²) in [6.45, 7) is 3.58. The highest BCUT2D eigenvalue weighted by Gasteiger charge is 2.26. The highest BCUT2D eigenvalue weighted by Crippen LogP contribution is 2.39. The van der Waals surface area contributed by atoms with Crippen LogP contribution in [-0.4, -0.2) is 6.61 Å². The maximum atomic E-state index is 14.5. The molecule has 1 fully saturated rings. The van der Waals surface area contributed by atoms with Gasteiger partial charge in [0.05, 0.1) is 6.61 Å². The zero-order valence-corrected chi connectivity index (χ0v) is 19.6. The van der Waals surface area contributed by atoms with Crippen LogP contribution in [-0.2, 0) is 6.42 Å². The molecule has 0 N–H and O–H groups in total. The van der Waals surface area contributed by atoms with Crippen LogP contribution < -0.4 is 4.74 Å². The van der Waals surface area contributed by atoms with Gasteiger partial charge >= 0.3 is 0 Å². The van der Waals surface area contributed by atoms with Crippen molar-refractivity contribution in [3.8, 4) is 16.9 Å². The largest absolute Gasteiger partial charge is 0.491 e. The molecule has 3 aromatic rings. The molecule has 0 unspecified atom stereocenters. The van der Waals surface area contributed by atoms with Gasteiger partial charge in [0.1, 0.15) is 0 Å². The zero-order chi connectivity index (χ0) is 24.2. The second-order valence-electron chi connectivity index (χ2n) is 9.23. The summed E-state index contributed by atoms with van der Waals surface area (Å²) in [7, 11) is 0. The van der Waals surface area contributed by atoms with Crippen LogP contribution in [0.25, 0.3) is 11.1 Å². The summed E-state index contributed by atoms with van der Waals surface area (Å²) in [4.78, 5) is 0.